The molecule has 0 amide bonds. The summed E-state index contributed by atoms with van der Waals surface area (Å²) in [4.78, 5) is 10.7. The van der Waals surface area contributed by atoms with Crippen LogP contribution in [0.2, 0.25) is 0 Å². The molecule has 0 radical (unpaired) electrons. The van der Waals surface area contributed by atoms with Crippen LogP contribution in [0.3, 0.4) is 0 Å². The molecule has 0 spiro atoms. The maximum Gasteiger partial charge on any atom is 0.191 e. The van der Waals surface area contributed by atoms with Gasteiger partial charge < -0.3 is 14.5 Å². The van der Waals surface area contributed by atoms with Crippen molar-refractivity contribution >= 4 is 38.6 Å². The van der Waals surface area contributed by atoms with Crippen LogP contribution in [0.5, 0.6) is 0 Å². The molecule has 0 atom stereocenters. The van der Waals surface area contributed by atoms with Crippen molar-refractivity contribution < 1.29 is 0 Å². The van der Waals surface area contributed by atoms with Crippen LogP contribution in [0.1, 0.15) is 29.1 Å². The lowest BCUT2D eigenvalue weighted by Gasteiger charge is -2.10. The van der Waals surface area contributed by atoms with Crippen LogP contribution < -0.4 is 0 Å². The first-order valence-electron chi connectivity index (χ1n) is 10.6. The van der Waals surface area contributed by atoms with Gasteiger partial charge in [0, 0.05) is 52.2 Å². The Morgan fingerprint density at radius 2 is 1.97 bits per heavy atom. The maximum absolute atomic E-state index is 4.59. The number of H-pyrrole nitrogens is 2. The van der Waals surface area contributed by atoms with E-state index in [1.807, 2.05) is 12.3 Å². The number of aromatic amines is 2. The molecule has 0 fully saturated rings. The molecule has 3 heterocycles. The highest BCUT2D eigenvalue weighted by atomic mass is 79.9. The van der Waals surface area contributed by atoms with Crippen LogP contribution >= 0.6 is 27.7 Å². The van der Waals surface area contributed by atoms with Gasteiger partial charge in [0.15, 0.2) is 5.16 Å². The summed E-state index contributed by atoms with van der Waals surface area (Å²) >= 11 is 5.29. The zero-order valence-corrected chi connectivity index (χ0v) is 19.9. The Kier molecular flexibility index (Phi) is 6.41. The van der Waals surface area contributed by atoms with Gasteiger partial charge in [-0.15, -0.1) is 10.2 Å². The Balaban J connectivity index is 1.37. The van der Waals surface area contributed by atoms with Crippen LogP contribution in [0.25, 0.3) is 10.9 Å². The van der Waals surface area contributed by atoms with Crippen molar-refractivity contribution in [2.45, 2.75) is 36.7 Å². The Morgan fingerprint density at radius 1 is 1.03 bits per heavy atom. The molecule has 0 aliphatic heterocycles. The van der Waals surface area contributed by atoms with E-state index in [9.17, 15) is 0 Å². The fraction of sp³-hybridized carbons (Fsp3) is 0.208. The number of hydrogen-bond donors (Lipinski definition) is 2. The predicted octanol–water partition coefficient (Wildman–Crippen LogP) is 5.76. The number of aryl methyl sites for hydroxylation is 1. The van der Waals surface area contributed by atoms with Gasteiger partial charge in [0.1, 0.15) is 5.82 Å². The minimum absolute atomic E-state index is 0.749. The number of hydrogen-bond acceptors (Lipinski definition) is 4. The van der Waals surface area contributed by atoms with E-state index >= 15 is 0 Å². The quantitative estimate of drug-likeness (QED) is 0.249. The molecule has 0 aliphatic carbocycles. The average molecular weight is 507 g/mol. The molecule has 0 saturated heterocycles. The molecule has 0 aliphatic rings. The Morgan fingerprint density at radius 3 is 2.84 bits per heavy atom. The second kappa shape index (κ2) is 9.75. The van der Waals surface area contributed by atoms with Crippen molar-refractivity contribution in [3.8, 4) is 0 Å². The third-order valence-electron chi connectivity index (χ3n) is 5.46. The SMILES string of the molecule is Brc1cccc(CSc2nnc(Cc3c[nH]c4ccccc34)n2CCCc2cnc[nH]2)c1. The van der Waals surface area contributed by atoms with E-state index < -0.39 is 0 Å². The number of aromatic nitrogens is 6. The minimum atomic E-state index is 0.749. The lowest BCUT2D eigenvalue weighted by Crippen LogP contribution is -2.07. The summed E-state index contributed by atoms with van der Waals surface area (Å²) in [7, 11) is 0. The van der Waals surface area contributed by atoms with Crippen molar-refractivity contribution in [2.24, 2.45) is 0 Å². The summed E-state index contributed by atoms with van der Waals surface area (Å²) < 4.78 is 3.37. The van der Waals surface area contributed by atoms with Gasteiger partial charge in [-0.25, -0.2) is 4.98 Å². The number of fused-ring (bicyclic) bond motifs is 1. The number of thioether (sulfide) groups is 1. The van der Waals surface area contributed by atoms with Gasteiger partial charge in [-0.2, -0.15) is 0 Å². The molecule has 32 heavy (non-hydrogen) atoms. The van der Waals surface area contributed by atoms with Gasteiger partial charge in [-0.05, 0) is 42.2 Å². The number of rotatable bonds is 9. The highest BCUT2D eigenvalue weighted by Gasteiger charge is 2.15. The Labute approximate surface area is 199 Å². The molecular weight excluding hydrogens is 484 g/mol. The normalized spacial score (nSPS) is 11.4. The van der Waals surface area contributed by atoms with Crippen LogP contribution in [-0.2, 0) is 25.1 Å². The second-order valence-corrected chi connectivity index (χ2v) is 9.54. The first-order chi connectivity index (χ1) is 15.8. The largest absolute Gasteiger partial charge is 0.361 e. The summed E-state index contributed by atoms with van der Waals surface area (Å²) in [6.45, 7) is 0.866. The maximum atomic E-state index is 4.59. The summed E-state index contributed by atoms with van der Waals surface area (Å²) in [5.74, 6) is 1.85. The molecule has 0 saturated carbocycles. The number of nitrogens with zero attached hydrogens (tertiary/aromatic N) is 4. The third-order valence-corrected chi connectivity index (χ3v) is 6.99. The van der Waals surface area contributed by atoms with Crippen molar-refractivity contribution in [3.05, 3.63) is 94.4 Å². The van der Waals surface area contributed by atoms with E-state index in [0.29, 0.717) is 0 Å². The van der Waals surface area contributed by atoms with E-state index in [-0.39, 0.29) is 0 Å². The van der Waals surface area contributed by atoms with Crippen molar-refractivity contribution in [1.29, 1.82) is 0 Å². The Bertz CT molecular complexity index is 1310. The highest BCUT2D eigenvalue weighted by molar-refractivity contribution is 9.10. The van der Waals surface area contributed by atoms with Crippen molar-refractivity contribution in [1.82, 2.24) is 29.7 Å². The molecular formula is C24H23BrN6S. The number of para-hydroxylation sites is 1. The van der Waals surface area contributed by atoms with E-state index in [1.165, 1.54) is 16.5 Å². The molecule has 8 heteroatoms. The monoisotopic (exact) mass is 506 g/mol. The van der Waals surface area contributed by atoms with Crippen molar-refractivity contribution in [3.63, 3.8) is 0 Å². The van der Waals surface area contributed by atoms with E-state index in [2.05, 4.69) is 94.3 Å². The molecule has 5 rings (SSSR count). The minimum Gasteiger partial charge on any atom is -0.361 e. The molecule has 2 aromatic carbocycles. The number of imidazole rings is 1. The first kappa shape index (κ1) is 21.0. The zero-order valence-electron chi connectivity index (χ0n) is 17.5. The van der Waals surface area contributed by atoms with Crippen LogP contribution in [0, 0.1) is 0 Å². The first-order valence-corrected chi connectivity index (χ1v) is 12.4. The van der Waals surface area contributed by atoms with E-state index in [4.69, 9.17) is 0 Å². The second-order valence-electron chi connectivity index (χ2n) is 7.69. The number of benzene rings is 2. The number of halogens is 1. The fourth-order valence-electron chi connectivity index (χ4n) is 3.85. The van der Waals surface area contributed by atoms with Gasteiger partial charge in [-0.1, -0.05) is 58.0 Å². The van der Waals surface area contributed by atoms with Gasteiger partial charge in [0.2, 0.25) is 0 Å². The van der Waals surface area contributed by atoms with Gasteiger partial charge in [-0.3, -0.25) is 0 Å². The number of nitrogens with one attached hydrogen (secondary N) is 2. The van der Waals surface area contributed by atoms with E-state index in [1.54, 1.807) is 18.1 Å². The lowest BCUT2D eigenvalue weighted by atomic mass is 10.1. The smallest absolute Gasteiger partial charge is 0.191 e. The standard InChI is InChI=1S/C24H23BrN6S/c25-19-6-3-5-17(11-19)15-32-24-30-29-23(31(24)10-4-7-20-14-26-16-28-20)12-18-13-27-22-9-2-1-8-21(18)22/h1-3,5-6,8-9,11,13-14,16,27H,4,7,10,12,15H2,(H,26,28). The lowest BCUT2D eigenvalue weighted by molar-refractivity contribution is 0.572. The summed E-state index contributed by atoms with van der Waals surface area (Å²) in [6, 6.07) is 16.8. The van der Waals surface area contributed by atoms with Crippen LogP contribution in [-0.4, -0.2) is 29.7 Å². The van der Waals surface area contributed by atoms with Gasteiger partial charge in [0.25, 0.3) is 0 Å². The summed E-state index contributed by atoms with van der Waals surface area (Å²) in [6.07, 6.45) is 8.39. The zero-order chi connectivity index (χ0) is 21.8. The molecule has 5 aromatic rings. The molecule has 6 nitrogen and oxygen atoms in total. The molecule has 0 bridgehead atoms. The fourth-order valence-corrected chi connectivity index (χ4v) is 5.23. The third kappa shape index (κ3) is 4.81. The van der Waals surface area contributed by atoms with Gasteiger partial charge in [0.05, 0.1) is 6.33 Å². The van der Waals surface area contributed by atoms with Crippen LogP contribution in [0.4, 0.5) is 0 Å². The van der Waals surface area contributed by atoms with Crippen molar-refractivity contribution in [2.75, 3.05) is 0 Å². The van der Waals surface area contributed by atoms with Gasteiger partial charge >= 0.3 is 0 Å². The molecule has 3 aromatic heterocycles. The molecule has 0 unspecified atom stereocenters. The topological polar surface area (TPSA) is 75.2 Å². The summed E-state index contributed by atoms with van der Waals surface area (Å²) in [5.41, 5.74) is 4.80. The molecule has 2 N–H and O–H groups in total. The van der Waals surface area contributed by atoms with E-state index in [0.717, 1.165) is 58.2 Å². The van der Waals surface area contributed by atoms with Crippen LogP contribution in [0.15, 0.2) is 76.9 Å². The molecule has 162 valence electrons. The summed E-state index contributed by atoms with van der Waals surface area (Å²) in [5, 5.41) is 11.4. The predicted molar refractivity (Wildman–Crippen MR) is 132 cm³/mol. The average Bonchev–Trinajstić information content (AvgIpc) is 3.55. The highest BCUT2D eigenvalue weighted by Crippen LogP contribution is 2.26. The Hall–Kier alpha value is -2.84.